The van der Waals surface area contributed by atoms with Crippen LogP contribution in [0.15, 0.2) is 4.34 Å². The number of thioether (sulfide) groups is 1. The SMILES string of the molecule is Cc1nnc(S[C@H](C)C(=O)NC2CCCCC2)s1. The van der Waals surface area contributed by atoms with E-state index in [0.29, 0.717) is 6.04 Å². The molecule has 1 fully saturated rings. The lowest BCUT2D eigenvalue weighted by Crippen LogP contribution is -2.40. The van der Waals surface area contributed by atoms with Crippen molar-refractivity contribution in [3.8, 4) is 0 Å². The van der Waals surface area contributed by atoms with E-state index in [9.17, 15) is 4.79 Å². The molecule has 1 aliphatic carbocycles. The number of nitrogens with one attached hydrogen (secondary N) is 1. The first kappa shape index (κ1) is 13.8. The van der Waals surface area contributed by atoms with Crippen molar-refractivity contribution in [1.82, 2.24) is 15.5 Å². The minimum atomic E-state index is -0.0979. The summed E-state index contributed by atoms with van der Waals surface area (Å²) in [4.78, 5) is 12.0. The van der Waals surface area contributed by atoms with E-state index in [1.54, 1.807) is 11.3 Å². The predicted octanol–water partition coefficient (Wildman–Crippen LogP) is 2.78. The van der Waals surface area contributed by atoms with Crippen LogP contribution in [0, 0.1) is 6.92 Å². The standard InChI is InChI=1S/C12H19N3OS2/c1-8(17-12-15-14-9(2)18-12)11(16)13-10-6-4-3-5-7-10/h8,10H,3-7H2,1-2H3,(H,13,16)/t8-/m1/s1. The number of hydrogen-bond acceptors (Lipinski definition) is 5. The van der Waals surface area contributed by atoms with Crippen molar-refractivity contribution < 1.29 is 4.79 Å². The molecule has 0 bridgehead atoms. The van der Waals surface area contributed by atoms with Crippen LogP contribution in [0.3, 0.4) is 0 Å². The van der Waals surface area contributed by atoms with E-state index >= 15 is 0 Å². The van der Waals surface area contributed by atoms with Gasteiger partial charge in [-0.15, -0.1) is 10.2 Å². The Kier molecular flexibility index (Phi) is 5.00. The summed E-state index contributed by atoms with van der Waals surface area (Å²) in [7, 11) is 0. The average molecular weight is 285 g/mol. The molecule has 100 valence electrons. The van der Waals surface area contributed by atoms with Gasteiger partial charge in [-0.3, -0.25) is 4.79 Å². The zero-order valence-corrected chi connectivity index (χ0v) is 12.4. The number of carbonyl (C=O) groups is 1. The Morgan fingerprint density at radius 3 is 2.72 bits per heavy atom. The Hall–Kier alpha value is -0.620. The van der Waals surface area contributed by atoms with E-state index in [2.05, 4.69) is 15.5 Å². The minimum Gasteiger partial charge on any atom is -0.352 e. The molecule has 0 radical (unpaired) electrons. The van der Waals surface area contributed by atoms with Gasteiger partial charge in [-0.2, -0.15) is 0 Å². The van der Waals surface area contributed by atoms with E-state index in [1.165, 1.54) is 31.0 Å². The molecule has 1 amide bonds. The number of aryl methyl sites for hydroxylation is 1. The van der Waals surface area contributed by atoms with Crippen LogP contribution in [-0.2, 0) is 4.79 Å². The van der Waals surface area contributed by atoms with Gasteiger partial charge in [0.1, 0.15) is 5.01 Å². The van der Waals surface area contributed by atoms with Gasteiger partial charge in [-0.05, 0) is 26.7 Å². The van der Waals surface area contributed by atoms with Crippen molar-refractivity contribution in [2.45, 2.75) is 61.6 Å². The van der Waals surface area contributed by atoms with Crippen molar-refractivity contribution in [1.29, 1.82) is 0 Å². The molecule has 1 saturated carbocycles. The number of nitrogens with zero attached hydrogens (tertiary/aromatic N) is 2. The highest BCUT2D eigenvalue weighted by molar-refractivity contribution is 8.02. The number of rotatable bonds is 4. The Balaban J connectivity index is 1.80. The highest BCUT2D eigenvalue weighted by Crippen LogP contribution is 2.26. The van der Waals surface area contributed by atoms with Crippen molar-refractivity contribution in [2.75, 3.05) is 0 Å². The highest BCUT2D eigenvalue weighted by Gasteiger charge is 2.21. The maximum absolute atomic E-state index is 12.0. The molecule has 2 rings (SSSR count). The highest BCUT2D eigenvalue weighted by atomic mass is 32.2. The molecule has 1 aliphatic rings. The first-order valence-corrected chi connectivity index (χ1v) is 8.12. The monoisotopic (exact) mass is 285 g/mol. The normalized spacial score (nSPS) is 18.6. The fourth-order valence-electron chi connectivity index (χ4n) is 2.10. The van der Waals surface area contributed by atoms with Crippen LogP contribution in [0.25, 0.3) is 0 Å². The molecule has 0 spiro atoms. The summed E-state index contributed by atoms with van der Waals surface area (Å²) in [5.74, 6) is 0.125. The smallest absolute Gasteiger partial charge is 0.233 e. The fraction of sp³-hybridized carbons (Fsp3) is 0.750. The van der Waals surface area contributed by atoms with E-state index in [0.717, 1.165) is 22.2 Å². The summed E-state index contributed by atoms with van der Waals surface area (Å²) in [6.45, 7) is 3.86. The summed E-state index contributed by atoms with van der Waals surface area (Å²) in [5, 5.41) is 12.0. The summed E-state index contributed by atoms with van der Waals surface area (Å²) in [6.07, 6.45) is 6.03. The number of hydrogen-bond donors (Lipinski definition) is 1. The van der Waals surface area contributed by atoms with Crippen LogP contribution in [0.1, 0.15) is 44.0 Å². The molecule has 0 aliphatic heterocycles. The first-order chi connectivity index (χ1) is 8.65. The second-order valence-electron chi connectivity index (χ2n) is 4.69. The quantitative estimate of drug-likeness (QED) is 0.864. The lowest BCUT2D eigenvalue weighted by Gasteiger charge is -2.24. The lowest BCUT2D eigenvalue weighted by molar-refractivity contribution is -0.121. The second kappa shape index (κ2) is 6.52. The third-order valence-corrected chi connectivity index (χ3v) is 5.13. The summed E-state index contributed by atoms with van der Waals surface area (Å²) >= 11 is 3.03. The van der Waals surface area contributed by atoms with Gasteiger partial charge < -0.3 is 5.32 Å². The maximum atomic E-state index is 12.0. The Morgan fingerprint density at radius 1 is 1.39 bits per heavy atom. The Bertz CT molecular complexity index is 402. The second-order valence-corrected chi connectivity index (χ2v) is 7.46. The lowest BCUT2D eigenvalue weighted by atomic mass is 9.95. The topological polar surface area (TPSA) is 54.9 Å². The van der Waals surface area contributed by atoms with Crippen molar-refractivity contribution in [3.05, 3.63) is 5.01 Å². The van der Waals surface area contributed by atoms with Gasteiger partial charge in [0.25, 0.3) is 0 Å². The van der Waals surface area contributed by atoms with Crippen LogP contribution in [0.4, 0.5) is 0 Å². The van der Waals surface area contributed by atoms with Crippen LogP contribution in [0.5, 0.6) is 0 Å². The van der Waals surface area contributed by atoms with Gasteiger partial charge in [-0.25, -0.2) is 0 Å². The van der Waals surface area contributed by atoms with Gasteiger partial charge in [0.05, 0.1) is 5.25 Å². The Morgan fingerprint density at radius 2 is 2.11 bits per heavy atom. The molecule has 18 heavy (non-hydrogen) atoms. The molecule has 1 aromatic heterocycles. The van der Waals surface area contributed by atoms with Gasteiger partial charge in [-0.1, -0.05) is 42.4 Å². The number of carbonyl (C=O) groups excluding carboxylic acids is 1. The van der Waals surface area contributed by atoms with Crippen molar-refractivity contribution >= 4 is 29.0 Å². The molecule has 0 unspecified atom stereocenters. The summed E-state index contributed by atoms with van der Waals surface area (Å²) < 4.78 is 0.874. The first-order valence-electron chi connectivity index (χ1n) is 6.42. The minimum absolute atomic E-state index is 0.0979. The molecule has 1 N–H and O–H groups in total. The molecule has 0 saturated heterocycles. The zero-order chi connectivity index (χ0) is 13.0. The molecular formula is C12H19N3OS2. The average Bonchev–Trinajstić information content (AvgIpc) is 2.76. The zero-order valence-electron chi connectivity index (χ0n) is 10.8. The molecule has 4 nitrogen and oxygen atoms in total. The molecule has 1 aromatic rings. The molecule has 1 atom stereocenters. The molecule has 1 heterocycles. The maximum Gasteiger partial charge on any atom is 0.233 e. The Labute approximate surface area is 116 Å². The largest absolute Gasteiger partial charge is 0.352 e. The van der Waals surface area contributed by atoms with Crippen LogP contribution in [0.2, 0.25) is 0 Å². The summed E-state index contributed by atoms with van der Waals surface area (Å²) in [6, 6.07) is 0.380. The summed E-state index contributed by atoms with van der Waals surface area (Å²) in [5.41, 5.74) is 0. The third kappa shape index (κ3) is 3.95. The van der Waals surface area contributed by atoms with E-state index in [4.69, 9.17) is 0 Å². The van der Waals surface area contributed by atoms with Crippen LogP contribution >= 0.6 is 23.1 Å². The predicted molar refractivity (Wildman–Crippen MR) is 75.0 cm³/mol. The van der Waals surface area contributed by atoms with E-state index in [-0.39, 0.29) is 11.2 Å². The molecule has 6 heteroatoms. The number of aromatic nitrogens is 2. The van der Waals surface area contributed by atoms with E-state index < -0.39 is 0 Å². The van der Waals surface area contributed by atoms with Crippen molar-refractivity contribution in [2.24, 2.45) is 0 Å². The van der Waals surface area contributed by atoms with Crippen LogP contribution < -0.4 is 5.32 Å². The van der Waals surface area contributed by atoms with Gasteiger partial charge in [0, 0.05) is 6.04 Å². The fourth-order valence-corrected chi connectivity index (χ4v) is 4.07. The van der Waals surface area contributed by atoms with Gasteiger partial charge in [0.15, 0.2) is 4.34 Å². The molecule has 0 aromatic carbocycles. The third-order valence-electron chi connectivity index (χ3n) is 3.11. The van der Waals surface area contributed by atoms with Crippen LogP contribution in [-0.4, -0.2) is 27.4 Å². The van der Waals surface area contributed by atoms with E-state index in [1.807, 2.05) is 13.8 Å². The molecular weight excluding hydrogens is 266 g/mol. The van der Waals surface area contributed by atoms with Gasteiger partial charge in [0.2, 0.25) is 5.91 Å². The van der Waals surface area contributed by atoms with Gasteiger partial charge >= 0.3 is 0 Å². The van der Waals surface area contributed by atoms with Crippen molar-refractivity contribution in [3.63, 3.8) is 0 Å². The number of amides is 1.